The van der Waals surface area contributed by atoms with Crippen LogP contribution in [0.4, 0.5) is 21.8 Å². The fourth-order valence-electron chi connectivity index (χ4n) is 5.06. The van der Waals surface area contributed by atoms with Gasteiger partial charge >= 0.3 is 0 Å². The summed E-state index contributed by atoms with van der Waals surface area (Å²) in [5.41, 5.74) is 2.83. The first-order chi connectivity index (χ1) is 16.9. The number of nitrogens with one attached hydrogen (secondary N) is 1. The zero-order valence-corrected chi connectivity index (χ0v) is 20.9. The number of nitrogens with zero attached hydrogens (tertiary/aromatic N) is 6. The highest BCUT2D eigenvalue weighted by Crippen LogP contribution is 2.30. The molecule has 0 amide bonds. The van der Waals surface area contributed by atoms with E-state index in [2.05, 4.69) is 25.1 Å². The van der Waals surface area contributed by atoms with Crippen LogP contribution in [0.15, 0.2) is 18.2 Å². The van der Waals surface area contributed by atoms with Gasteiger partial charge in [-0.25, -0.2) is 14.4 Å². The number of aliphatic hydroxyl groups is 1. The highest BCUT2D eigenvalue weighted by Gasteiger charge is 2.30. The van der Waals surface area contributed by atoms with Gasteiger partial charge < -0.3 is 15.3 Å². The molecule has 2 aliphatic heterocycles. The average molecular weight is 500 g/mol. The maximum atomic E-state index is 14.6. The molecule has 1 aromatic carbocycles. The Morgan fingerprint density at radius 1 is 1.06 bits per heavy atom. The monoisotopic (exact) mass is 499 g/mol. The van der Waals surface area contributed by atoms with E-state index >= 15 is 0 Å². The molecule has 0 spiro atoms. The fourth-order valence-corrected chi connectivity index (χ4v) is 5.22. The number of likely N-dealkylation sites (tertiary alicyclic amines) is 1. The van der Waals surface area contributed by atoms with Crippen LogP contribution < -0.4 is 10.2 Å². The van der Waals surface area contributed by atoms with Crippen LogP contribution >= 0.6 is 11.6 Å². The molecule has 0 saturated carbocycles. The lowest BCUT2D eigenvalue weighted by Crippen LogP contribution is -2.49. The van der Waals surface area contributed by atoms with Crippen LogP contribution in [0.1, 0.15) is 37.1 Å². The molecule has 10 heteroatoms. The van der Waals surface area contributed by atoms with Crippen molar-refractivity contribution in [2.75, 3.05) is 43.0 Å². The number of hydrogen-bond donors (Lipinski definition) is 2. The molecule has 8 nitrogen and oxygen atoms in total. The Bertz CT molecular complexity index is 1220. The second kappa shape index (κ2) is 10.2. The summed E-state index contributed by atoms with van der Waals surface area (Å²) in [5, 5.41) is 13.0. The third-order valence-corrected chi connectivity index (χ3v) is 7.42. The Labute approximate surface area is 209 Å². The Balaban J connectivity index is 1.41. The quantitative estimate of drug-likeness (QED) is 0.538. The van der Waals surface area contributed by atoms with E-state index < -0.39 is 5.82 Å². The van der Waals surface area contributed by atoms with E-state index in [1.54, 1.807) is 12.1 Å². The smallest absolute Gasteiger partial charge is 0.229 e. The van der Waals surface area contributed by atoms with Crippen molar-refractivity contribution < 1.29 is 9.50 Å². The topological polar surface area (TPSA) is 90.3 Å². The van der Waals surface area contributed by atoms with Crippen molar-refractivity contribution in [2.45, 2.75) is 45.6 Å². The number of hydrogen-bond acceptors (Lipinski definition) is 8. The molecule has 0 radical (unpaired) electrons. The lowest BCUT2D eigenvalue weighted by Gasteiger charge is -2.42. The molecule has 5 rings (SSSR count). The molecule has 0 aliphatic carbocycles. The fraction of sp³-hybridized carbons (Fsp3) is 0.520. The van der Waals surface area contributed by atoms with Gasteiger partial charge in [-0.15, -0.1) is 0 Å². The third kappa shape index (κ3) is 5.17. The summed E-state index contributed by atoms with van der Waals surface area (Å²) in [5.74, 6) is 0.909. The summed E-state index contributed by atoms with van der Waals surface area (Å²) in [7, 11) is 0. The number of aryl methyl sites for hydroxylation is 2. The zero-order valence-electron chi connectivity index (χ0n) is 20.1. The van der Waals surface area contributed by atoms with Gasteiger partial charge in [0.1, 0.15) is 5.82 Å². The predicted molar refractivity (Wildman–Crippen MR) is 136 cm³/mol. The van der Waals surface area contributed by atoms with Crippen molar-refractivity contribution in [3.8, 4) is 0 Å². The second-order valence-corrected chi connectivity index (χ2v) is 10.0. The SMILES string of the molecule is Cc1nc2nc(N3CCC(N4CCCC(CO)C4)CC3)nc(Nc3ccc(Cl)cc3F)c2nc1C. The lowest BCUT2D eigenvalue weighted by molar-refractivity contribution is 0.0776. The van der Waals surface area contributed by atoms with Gasteiger partial charge in [0.25, 0.3) is 0 Å². The van der Waals surface area contributed by atoms with Gasteiger partial charge in [-0.05, 0) is 70.2 Å². The van der Waals surface area contributed by atoms with Crippen molar-refractivity contribution in [1.82, 2.24) is 24.8 Å². The van der Waals surface area contributed by atoms with E-state index in [9.17, 15) is 9.50 Å². The van der Waals surface area contributed by atoms with Gasteiger partial charge in [0.05, 0.1) is 17.1 Å². The minimum atomic E-state index is -0.467. The van der Waals surface area contributed by atoms with Crippen molar-refractivity contribution in [3.63, 3.8) is 0 Å². The molecular formula is C25H31ClFN7O. The third-order valence-electron chi connectivity index (χ3n) is 7.19. The number of halogens is 2. The van der Waals surface area contributed by atoms with Crippen molar-refractivity contribution in [1.29, 1.82) is 0 Å². The van der Waals surface area contributed by atoms with Crippen LogP contribution in [0, 0.1) is 25.6 Å². The molecular weight excluding hydrogens is 469 g/mol. The number of rotatable bonds is 5. The van der Waals surface area contributed by atoms with Crippen LogP contribution in [0.5, 0.6) is 0 Å². The van der Waals surface area contributed by atoms with Crippen LogP contribution in [0.2, 0.25) is 5.02 Å². The Morgan fingerprint density at radius 2 is 1.83 bits per heavy atom. The van der Waals surface area contributed by atoms with Crippen LogP contribution in [0.25, 0.3) is 11.2 Å². The van der Waals surface area contributed by atoms with Crippen LogP contribution in [-0.4, -0.2) is 68.8 Å². The molecule has 1 atom stereocenters. The number of fused-ring (bicyclic) bond motifs is 1. The number of piperidine rings is 2. The summed E-state index contributed by atoms with van der Waals surface area (Å²) in [4.78, 5) is 23.5. The number of aromatic nitrogens is 4. The van der Waals surface area contributed by atoms with E-state index in [1.807, 2.05) is 13.8 Å². The minimum Gasteiger partial charge on any atom is -0.396 e. The molecule has 186 valence electrons. The van der Waals surface area contributed by atoms with Gasteiger partial charge in [-0.1, -0.05) is 11.6 Å². The molecule has 2 fully saturated rings. The molecule has 2 aromatic heterocycles. The summed E-state index contributed by atoms with van der Waals surface area (Å²) in [6.07, 6.45) is 4.27. The zero-order chi connectivity index (χ0) is 24.5. The molecule has 2 aliphatic rings. The highest BCUT2D eigenvalue weighted by atomic mass is 35.5. The lowest BCUT2D eigenvalue weighted by atomic mass is 9.94. The maximum Gasteiger partial charge on any atom is 0.229 e. The standard InChI is InChI=1S/C25H31ClFN7O/c1-15-16(2)29-23-22(28-15)24(30-21-6-5-18(26)12-20(21)27)32-25(31-23)33-10-7-19(8-11-33)34-9-3-4-17(13-34)14-35/h5-6,12,17,19,35H,3-4,7-11,13-14H2,1-2H3,(H,29,30,31,32). The second-order valence-electron chi connectivity index (χ2n) is 9.59. The van der Waals surface area contributed by atoms with Crippen molar-refractivity contribution >= 4 is 40.2 Å². The van der Waals surface area contributed by atoms with E-state index in [0.717, 1.165) is 63.3 Å². The number of benzene rings is 1. The molecule has 2 saturated heterocycles. The van der Waals surface area contributed by atoms with Gasteiger partial charge in [-0.2, -0.15) is 9.97 Å². The molecule has 4 heterocycles. The van der Waals surface area contributed by atoms with Gasteiger partial charge in [0, 0.05) is 37.3 Å². The highest BCUT2D eigenvalue weighted by molar-refractivity contribution is 6.30. The van der Waals surface area contributed by atoms with Gasteiger partial charge in [-0.3, -0.25) is 4.90 Å². The van der Waals surface area contributed by atoms with Crippen molar-refractivity contribution in [3.05, 3.63) is 40.4 Å². The first kappa shape index (κ1) is 24.1. The van der Waals surface area contributed by atoms with Gasteiger partial charge in [0.15, 0.2) is 17.0 Å². The Kier molecular flexibility index (Phi) is 7.00. The molecule has 2 N–H and O–H groups in total. The Morgan fingerprint density at radius 3 is 2.57 bits per heavy atom. The summed E-state index contributed by atoms with van der Waals surface area (Å²) < 4.78 is 14.6. The minimum absolute atomic E-state index is 0.266. The summed E-state index contributed by atoms with van der Waals surface area (Å²) in [6, 6.07) is 4.99. The van der Waals surface area contributed by atoms with E-state index in [0.29, 0.717) is 39.9 Å². The molecule has 35 heavy (non-hydrogen) atoms. The first-order valence-corrected chi connectivity index (χ1v) is 12.6. The number of aliphatic hydroxyl groups excluding tert-OH is 1. The Hall–Kier alpha value is -2.62. The van der Waals surface area contributed by atoms with E-state index in [-0.39, 0.29) is 12.3 Å². The molecule has 0 bridgehead atoms. The van der Waals surface area contributed by atoms with Gasteiger partial charge in [0.2, 0.25) is 5.95 Å². The van der Waals surface area contributed by atoms with E-state index in [4.69, 9.17) is 21.6 Å². The normalized spacial score (nSPS) is 19.9. The molecule has 3 aromatic rings. The summed E-state index contributed by atoms with van der Waals surface area (Å²) in [6.45, 7) is 7.77. The van der Waals surface area contributed by atoms with Crippen LogP contribution in [0.3, 0.4) is 0 Å². The summed E-state index contributed by atoms with van der Waals surface area (Å²) >= 11 is 5.93. The van der Waals surface area contributed by atoms with Crippen LogP contribution in [-0.2, 0) is 0 Å². The average Bonchev–Trinajstić information content (AvgIpc) is 2.86. The predicted octanol–water partition coefficient (Wildman–Crippen LogP) is 4.25. The maximum absolute atomic E-state index is 14.6. The first-order valence-electron chi connectivity index (χ1n) is 12.3. The largest absolute Gasteiger partial charge is 0.396 e. The van der Waals surface area contributed by atoms with E-state index in [1.165, 1.54) is 6.07 Å². The number of anilines is 3. The van der Waals surface area contributed by atoms with Crippen molar-refractivity contribution in [2.24, 2.45) is 5.92 Å². The molecule has 1 unspecified atom stereocenters.